The van der Waals surface area contributed by atoms with Gasteiger partial charge in [-0.2, -0.15) is 0 Å². The van der Waals surface area contributed by atoms with Crippen LogP contribution in [0, 0.1) is 6.92 Å². The predicted octanol–water partition coefficient (Wildman–Crippen LogP) is 4.90. The average molecular weight is 419 g/mol. The van der Waals surface area contributed by atoms with Gasteiger partial charge in [-0.25, -0.2) is 9.78 Å². The highest BCUT2D eigenvalue weighted by molar-refractivity contribution is 8.04. The number of hydrogen-bond acceptors (Lipinski definition) is 4. The minimum atomic E-state index is -0.998. The normalized spacial score (nSPS) is 11.9. The van der Waals surface area contributed by atoms with Crippen LogP contribution in [-0.2, 0) is 17.8 Å². The fourth-order valence-electron chi connectivity index (χ4n) is 3.46. The molecule has 152 valence electrons. The Balaban J connectivity index is 1.78. The summed E-state index contributed by atoms with van der Waals surface area (Å²) in [6, 6.07) is 18.3. The fourth-order valence-corrected chi connectivity index (χ4v) is 4.16. The Hall–Kier alpha value is -3.32. The molecule has 2 N–H and O–H groups in total. The zero-order valence-corrected chi connectivity index (χ0v) is 17.6. The smallest absolute Gasteiger partial charge is 0.342 e. The van der Waals surface area contributed by atoms with Gasteiger partial charge in [0.1, 0.15) is 10.7 Å². The zero-order chi connectivity index (χ0) is 21.1. The number of nitrogens with one attached hydrogen (secondary N) is 1. The summed E-state index contributed by atoms with van der Waals surface area (Å²) in [6.45, 7) is 4.71. The van der Waals surface area contributed by atoms with E-state index in [1.165, 1.54) is 5.56 Å². The molecule has 0 amide bonds. The first kappa shape index (κ1) is 20.0. The third-order valence-corrected chi connectivity index (χ3v) is 5.87. The highest BCUT2D eigenvalue weighted by Crippen LogP contribution is 2.32. The monoisotopic (exact) mass is 418 g/mol. The number of aryl methyl sites for hydroxylation is 1. The van der Waals surface area contributed by atoms with Crippen molar-refractivity contribution in [3.63, 3.8) is 0 Å². The van der Waals surface area contributed by atoms with Crippen molar-refractivity contribution in [1.82, 2.24) is 19.7 Å². The summed E-state index contributed by atoms with van der Waals surface area (Å²) in [4.78, 5) is 16.5. The van der Waals surface area contributed by atoms with Crippen molar-refractivity contribution >= 4 is 34.7 Å². The molecule has 2 heterocycles. The molecule has 30 heavy (non-hydrogen) atoms. The number of benzene rings is 2. The number of carbonyl (C=O) groups is 1. The highest BCUT2D eigenvalue weighted by atomic mass is 32.2. The molecule has 2 aromatic heterocycles. The van der Waals surface area contributed by atoms with Gasteiger partial charge in [0, 0.05) is 35.1 Å². The summed E-state index contributed by atoms with van der Waals surface area (Å²) < 4.78 is 2.22. The van der Waals surface area contributed by atoms with E-state index >= 15 is 0 Å². The van der Waals surface area contributed by atoms with Gasteiger partial charge < -0.3 is 9.67 Å². The van der Waals surface area contributed by atoms with Gasteiger partial charge in [-0.15, -0.1) is 5.10 Å². The van der Waals surface area contributed by atoms with Crippen molar-refractivity contribution in [3.05, 3.63) is 82.1 Å². The van der Waals surface area contributed by atoms with E-state index in [0.29, 0.717) is 11.6 Å². The Morgan fingerprint density at radius 2 is 1.90 bits per heavy atom. The van der Waals surface area contributed by atoms with Gasteiger partial charge in [-0.1, -0.05) is 55.5 Å². The van der Waals surface area contributed by atoms with E-state index in [0.717, 1.165) is 46.3 Å². The highest BCUT2D eigenvalue weighted by Gasteiger charge is 2.18. The molecule has 0 radical (unpaired) electrons. The van der Waals surface area contributed by atoms with Crippen LogP contribution in [0.15, 0.2) is 64.7 Å². The molecule has 2 aromatic carbocycles. The van der Waals surface area contributed by atoms with E-state index < -0.39 is 5.97 Å². The van der Waals surface area contributed by atoms with Gasteiger partial charge in [-0.3, -0.25) is 5.10 Å². The van der Waals surface area contributed by atoms with Crippen molar-refractivity contribution in [2.75, 3.05) is 0 Å². The number of fused-ring (bicyclic) bond motifs is 1. The molecule has 0 spiro atoms. The summed E-state index contributed by atoms with van der Waals surface area (Å²) in [7, 11) is 0. The lowest BCUT2D eigenvalue weighted by atomic mass is 10.1. The predicted molar refractivity (Wildman–Crippen MR) is 119 cm³/mol. The van der Waals surface area contributed by atoms with Crippen LogP contribution in [-0.4, -0.2) is 30.8 Å². The van der Waals surface area contributed by atoms with Crippen LogP contribution in [0.2, 0.25) is 0 Å². The van der Waals surface area contributed by atoms with Crippen molar-refractivity contribution in [3.8, 4) is 0 Å². The summed E-state index contributed by atoms with van der Waals surface area (Å²) in [5.74, 6) is -0.264. The Morgan fingerprint density at radius 1 is 1.17 bits per heavy atom. The van der Waals surface area contributed by atoms with Gasteiger partial charge in [0.15, 0.2) is 0 Å². The molecule has 0 aliphatic rings. The van der Waals surface area contributed by atoms with Gasteiger partial charge >= 0.3 is 5.97 Å². The molecule has 0 aliphatic carbocycles. The minimum absolute atomic E-state index is 0.183. The fraction of sp³-hybridized carbons (Fsp3) is 0.174. The molecule has 0 saturated carbocycles. The lowest BCUT2D eigenvalue weighted by Gasteiger charge is -2.08. The van der Waals surface area contributed by atoms with E-state index in [9.17, 15) is 9.90 Å². The standard InChI is InChI=1S/C23H22N4O2S/c1-3-21-24-23(26-25-21)30-20(22(28)29)13-18-15(2)27(14-16-9-5-4-6-10-16)19-12-8-7-11-17(18)19/h4-13H,3,14H2,1-2H3,(H,28,29)(H,24,25,26)/b20-13-. The van der Waals surface area contributed by atoms with Crippen molar-refractivity contribution in [2.24, 2.45) is 0 Å². The number of aromatic amines is 1. The number of aromatic nitrogens is 4. The van der Waals surface area contributed by atoms with Crippen LogP contribution >= 0.6 is 11.8 Å². The van der Waals surface area contributed by atoms with Crippen LogP contribution in [0.3, 0.4) is 0 Å². The lowest BCUT2D eigenvalue weighted by molar-refractivity contribution is -0.131. The number of carboxylic acids is 1. The molecular weight excluding hydrogens is 396 g/mol. The topological polar surface area (TPSA) is 83.8 Å². The van der Waals surface area contributed by atoms with Crippen LogP contribution < -0.4 is 0 Å². The number of rotatable bonds is 7. The van der Waals surface area contributed by atoms with Gasteiger partial charge in [0.05, 0.1) is 0 Å². The minimum Gasteiger partial charge on any atom is -0.477 e. The average Bonchev–Trinajstić information content (AvgIpc) is 3.32. The molecule has 6 nitrogen and oxygen atoms in total. The second-order valence-electron chi connectivity index (χ2n) is 6.92. The summed E-state index contributed by atoms with van der Waals surface area (Å²) in [5, 5.41) is 18.2. The molecule has 4 rings (SSSR count). The summed E-state index contributed by atoms with van der Waals surface area (Å²) in [6.07, 6.45) is 2.44. The van der Waals surface area contributed by atoms with Crippen LogP contribution in [0.25, 0.3) is 17.0 Å². The van der Waals surface area contributed by atoms with Gasteiger partial charge in [-0.05, 0) is 36.4 Å². The number of thioether (sulfide) groups is 1. The van der Waals surface area contributed by atoms with E-state index in [1.54, 1.807) is 6.08 Å². The zero-order valence-electron chi connectivity index (χ0n) is 16.8. The molecule has 0 saturated heterocycles. The second kappa shape index (κ2) is 8.59. The third kappa shape index (κ3) is 4.02. The number of carboxylic acid groups (broad SMARTS) is 1. The molecular formula is C23H22N4O2S. The first-order valence-corrected chi connectivity index (χ1v) is 10.5. The quantitative estimate of drug-likeness (QED) is 0.330. The number of nitrogens with zero attached hydrogens (tertiary/aromatic N) is 3. The maximum atomic E-state index is 12.0. The lowest BCUT2D eigenvalue weighted by Crippen LogP contribution is -2.02. The van der Waals surface area contributed by atoms with Gasteiger partial charge in [0.2, 0.25) is 5.16 Å². The van der Waals surface area contributed by atoms with Crippen LogP contribution in [0.1, 0.15) is 29.6 Å². The molecule has 0 fully saturated rings. The molecule has 0 atom stereocenters. The second-order valence-corrected chi connectivity index (χ2v) is 7.93. The molecule has 0 bridgehead atoms. The molecule has 0 unspecified atom stereocenters. The summed E-state index contributed by atoms with van der Waals surface area (Å²) >= 11 is 1.06. The maximum absolute atomic E-state index is 12.0. The molecule has 4 aromatic rings. The maximum Gasteiger partial charge on any atom is 0.342 e. The number of para-hydroxylation sites is 1. The van der Waals surface area contributed by atoms with Crippen molar-refractivity contribution < 1.29 is 9.90 Å². The number of H-pyrrole nitrogens is 1. The third-order valence-electron chi connectivity index (χ3n) is 5.00. The number of aliphatic carboxylic acids is 1. The van der Waals surface area contributed by atoms with Crippen molar-refractivity contribution in [1.29, 1.82) is 0 Å². The van der Waals surface area contributed by atoms with Crippen LogP contribution in [0.5, 0.6) is 0 Å². The largest absolute Gasteiger partial charge is 0.477 e. The molecule has 0 aliphatic heterocycles. The van der Waals surface area contributed by atoms with E-state index in [1.807, 2.05) is 50.2 Å². The van der Waals surface area contributed by atoms with Crippen LogP contribution in [0.4, 0.5) is 0 Å². The van der Waals surface area contributed by atoms with Gasteiger partial charge in [0.25, 0.3) is 0 Å². The van der Waals surface area contributed by atoms with E-state index in [4.69, 9.17) is 0 Å². The number of hydrogen-bond donors (Lipinski definition) is 2. The Morgan fingerprint density at radius 3 is 2.60 bits per heavy atom. The Labute approximate surface area is 178 Å². The SMILES string of the molecule is CCc1nc(S/C(=C\c2c(C)n(Cc3ccccc3)c3ccccc23)C(=O)O)n[nH]1. The first-order chi connectivity index (χ1) is 14.6. The first-order valence-electron chi connectivity index (χ1n) is 9.72. The van der Waals surface area contributed by atoms with E-state index in [-0.39, 0.29) is 4.91 Å². The molecule has 7 heteroatoms. The van der Waals surface area contributed by atoms with E-state index in [2.05, 4.69) is 37.9 Å². The van der Waals surface area contributed by atoms with Crippen molar-refractivity contribution in [2.45, 2.75) is 32.0 Å². The Kier molecular flexibility index (Phi) is 5.72. The Bertz CT molecular complexity index is 1220. The summed E-state index contributed by atoms with van der Waals surface area (Å²) in [5.41, 5.74) is 4.19.